The summed E-state index contributed by atoms with van der Waals surface area (Å²) in [6, 6.07) is 5.83. The molecule has 3 rings (SSSR count). The summed E-state index contributed by atoms with van der Waals surface area (Å²) in [5, 5.41) is 0. The quantitative estimate of drug-likeness (QED) is 0.508. The summed E-state index contributed by atoms with van der Waals surface area (Å²) in [4.78, 5) is 18.1. The molecule has 0 aliphatic heterocycles. The molecule has 1 saturated carbocycles. The van der Waals surface area contributed by atoms with Gasteiger partial charge in [0.1, 0.15) is 0 Å². The minimum atomic E-state index is -4.39. The van der Waals surface area contributed by atoms with Gasteiger partial charge >= 0.3 is 0 Å². The number of hydrogen-bond acceptors (Lipinski definition) is 5. The fourth-order valence-corrected chi connectivity index (χ4v) is 5.63. The van der Waals surface area contributed by atoms with Crippen LogP contribution in [0.3, 0.4) is 0 Å². The van der Waals surface area contributed by atoms with Crippen LogP contribution in [-0.4, -0.2) is 25.5 Å². The molecule has 0 unspecified atom stereocenters. The van der Waals surface area contributed by atoms with Crippen molar-refractivity contribution in [2.75, 3.05) is 6.56 Å². The minimum absolute atomic E-state index is 0.177. The third-order valence-electron chi connectivity index (χ3n) is 6.73. The lowest BCUT2D eigenvalue weighted by atomic mass is 10.0. The van der Waals surface area contributed by atoms with Crippen molar-refractivity contribution >= 4 is 27.4 Å². The Kier molecular flexibility index (Phi) is 5.46. The molecular weight excluding hydrogens is 444 g/mol. The number of nitrogens with zero attached hydrogens (tertiary/aromatic N) is 2. The van der Waals surface area contributed by atoms with Gasteiger partial charge in [-0.3, -0.25) is 8.98 Å². The van der Waals surface area contributed by atoms with Crippen molar-refractivity contribution in [1.29, 1.82) is 0 Å². The van der Waals surface area contributed by atoms with E-state index in [0.29, 0.717) is 5.69 Å². The summed E-state index contributed by atoms with van der Waals surface area (Å²) in [6.45, 7) is 8.56. The van der Waals surface area contributed by atoms with Crippen molar-refractivity contribution in [3.63, 3.8) is 0 Å². The zero-order chi connectivity index (χ0) is 27.5. The monoisotopic (exact) mass is 482 g/mol. The first kappa shape index (κ1) is 19.7. The van der Waals surface area contributed by atoms with Crippen LogP contribution in [-0.2, 0) is 25.6 Å². The summed E-state index contributed by atoms with van der Waals surface area (Å²) >= 11 is 1.20. The van der Waals surface area contributed by atoms with Crippen LogP contribution in [0.4, 0.5) is 0 Å². The van der Waals surface area contributed by atoms with E-state index in [1.165, 1.54) is 28.0 Å². The molecule has 8 heteroatoms. The van der Waals surface area contributed by atoms with Crippen LogP contribution in [0.1, 0.15) is 62.2 Å². The fourth-order valence-electron chi connectivity index (χ4n) is 3.88. The SMILES string of the molecule is [2H]C([2H])(CCC([2H])([2H])n1c(C)c(C)sc1=NC(=O)C1C(C)(C)C1(C)C)OS(=O)(=O)c1ccc(C)cc1. The van der Waals surface area contributed by atoms with Crippen LogP contribution in [0.2, 0.25) is 0 Å². The Morgan fingerprint density at radius 3 is 2.28 bits per heavy atom. The largest absolute Gasteiger partial charge is 0.321 e. The van der Waals surface area contributed by atoms with Crippen LogP contribution in [0.25, 0.3) is 0 Å². The number of hydrogen-bond donors (Lipinski definition) is 0. The normalized spacial score (nSPS) is 20.9. The molecule has 1 fully saturated rings. The van der Waals surface area contributed by atoms with Gasteiger partial charge in [-0.25, -0.2) is 0 Å². The molecule has 1 aliphatic rings. The number of aryl methyl sites for hydroxylation is 2. The summed E-state index contributed by atoms with van der Waals surface area (Å²) in [6.07, 6.45) is -0.940. The van der Waals surface area contributed by atoms with Gasteiger partial charge in [0.15, 0.2) is 4.80 Å². The molecule has 0 bridgehead atoms. The predicted octanol–water partition coefficient (Wildman–Crippen LogP) is 4.77. The predicted molar refractivity (Wildman–Crippen MR) is 127 cm³/mol. The van der Waals surface area contributed by atoms with Crippen LogP contribution < -0.4 is 4.80 Å². The van der Waals surface area contributed by atoms with Crippen LogP contribution in [0, 0.1) is 37.5 Å². The molecule has 32 heavy (non-hydrogen) atoms. The van der Waals surface area contributed by atoms with Gasteiger partial charge in [0.25, 0.3) is 16.0 Å². The molecule has 1 aromatic carbocycles. The van der Waals surface area contributed by atoms with E-state index in [-0.39, 0.29) is 32.4 Å². The molecule has 1 amide bonds. The highest BCUT2D eigenvalue weighted by molar-refractivity contribution is 7.86. The number of carbonyl (C=O) groups excluding carboxylic acids is 1. The van der Waals surface area contributed by atoms with Crippen molar-refractivity contribution < 1.29 is 22.9 Å². The first-order valence-electron chi connectivity index (χ1n) is 12.5. The molecule has 0 spiro atoms. The highest BCUT2D eigenvalue weighted by Gasteiger charge is 2.68. The topological polar surface area (TPSA) is 77.7 Å². The van der Waals surface area contributed by atoms with Gasteiger partial charge in [0, 0.05) is 19.8 Å². The second-order valence-electron chi connectivity index (χ2n) is 9.34. The standard InChI is InChI=1S/C24H34N2O4S2/c1-16-10-12-19(13-11-16)32(28,29)30-15-9-8-14-26-17(2)18(3)31-22(26)25-21(27)20-23(4,5)24(20,6)7/h10-13,20H,8-9,14-15H2,1-7H3/i14D2,15D2. The maximum Gasteiger partial charge on any atom is 0.296 e. The van der Waals surface area contributed by atoms with E-state index in [4.69, 9.17) is 9.67 Å². The van der Waals surface area contributed by atoms with Gasteiger partial charge in [-0.2, -0.15) is 13.4 Å². The molecule has 176 valence electrons. The maximum absolute atomic E-state index is 13.0. The minimum Gasteiger partial charge on any atom is -0.321 e. The molecule has 0 N–H and O–H groups in total. The second kappa shape index (κ2) is 8.88. The van der Waals surface area contributed by atoms with Crippen molar-refractivity contribution in [2.24, 2.45) is 21.7 Å². The van der Waals surface area contributed by atoms with Crippen molar-refractivity contribution in [3.05, 3.63) is 45.2 Å². The number of rotatable bonds is 8. The van der Waals surface area contributed by atoms with Crippen molar-refractivity contribution in [2.45, 2.75) is 72.7 Å². The average Bonchev–Trinajstić information content (AvgIpc) is 2.95. The Labute approximate surface area is 201 Å². The lowest BCUT2D eigenvalue weighted by molar-refractivity contribution is -0.120. The van der Waals surface area contributed by atoms with Gasteiger partial charge in [-0.1, -0.05) is 45.4 Å². The summed E-state index contributed by atoms with van der Waals surface area (Å²) in [7, 11) is -4.39. The number of amides is 1. The van der Waals surface area contributed by atoms with Gasteiger partial charge in [0.2, 0.25) is 0 Å². The van der Waals surface area contributed by atoms with Crippen LogP contribution in [0.5, 0.6) is 0 Å². The lowest BCUT2D eigenvalue weighted by Crippen LogP contribution is -2.20. The number of benzene rings is 1. The smallest absolute Gasteiger partial charge is 0.296 e. The molecule has 2 aromatic rings. The Hall–Kier alpha value is -1.77. The van der Waals surface area contributed by atoms with Crippen molar-refractivity contribution in [3.8, 4) is 0 Å². The number of carbonyl (C=O) groups is 1. The summed E-state index contributed by atoms with van der Waals surface area (Å²) in [5.41, 5.74) is 0.987. The first-order chi connectivity index (χ1) is 16.2. The highest BCUT2D eigenvalue weighted by atomic mass is 32.2. The summed E-state index contributed by atoms with van der Waals surface area (Å²) < 4.78 is 64.8. The molecule has 1 heterocycles. The van der Waals surface area contributed by atoms with Crippen LogP contribution >= 0.6 is 11.3 Å². The highest BCUT2D eigenvalue weighted by Crippen LogP contribution is 2.68. The van der Waals surface area contributed by atoms with E-state index in [2.05, 4.69) is 4.99 Å². The first-order valence-corrected chi connectivity index (χ1v) is 12.8. The lowest BCUT2D eigenvalue weighted by Gasteiger charge is -2.08. The second-order valence-corrected chi connectivity index (χ2v) is 12.1. The molecule has 1 aromatic heterocycles. The molecular formula is C24H34N2O4S2. The Morgan fingerprint density at radius 2 is 1.72 bits per heavy atom. The molecule has 6 nitrogen and oxygen atoms in total. The van der Waals surface area contributed by atoms with Gasteiger partial charge < -0.3 is 4.57 Å². The van der Waals surface area contributed by atoms with E-state index in [1.807, 2.05) is 27.7 Å². The van der Waals surface area contributed by atoms with E-state index >= 15 is 0 Å². The number of aromatic nitrogens is 1. The zero-order valence-electron chi connectivity index (χ0n) is 23.6. The van der Waals surface area contributed by atoms with E-state index in [0.717, 1.165) is 10.4 Å². The maximum atomic E-state index is 13.0. The zero-order valence-corrected chi connectivity index (χ0v) is 21.3. The van der Waals surface area contributed by atoms with E-state index in [1.54, 1.807) is 32.9 Å². The van der Waals surface area contributed by atoms with E-state index < -0.39 is 36.0 Å². The van der Waals surface area contributed by atoms with Crippen LogP contribution in [0.15, 0.2) is 34.2 Å². The number of thiazole rings is 1. The van der Waals surface area contributed by atoms with E-state index in [9.17, 15) is 13.2 Å². The van der Waals surface area contributed by atoms with Gasteiger partial charge in [-0.05, 0) is 56.6 Å². The third kappa shape index (κ3) is 4.77. The Bertz CT molecular complexity index is 1330. The summed E-state index contributed by atoms with van der Waals surface area (Å²) in [5.74, 6) is -0.583. The average molecular weight is 483 g/mol. The van der Waals surface area contributed by atoms with Crippen molar-refractivity contribution in [1.82, 2.24) is 4.57 Å². The molecule has 0 saturated heterocycles. The van der Waals surface area contributed by atoms with Gasteiger partial charge in [-0.15, -0.1) is 11.3 Å². The Balaban J connectivity index is 1.84. The van der Waals surface area contributed by atoms with Gasteiger partial charge in [0.05, 0.1) is 20.1 Å². The molecule has 1 aliphatic carbocycles. The molecule has 0 radical (unpaired) electrons. The third-order valence-corrected chi connectivity index (χ3v) is 8.97. The Morgan fingerprint density at radius 1 is 1.12 bits per heavy atom. The fraction of sp³-hybridized carbons (Fsp3) is 0.583. The molecule has 0 atom stereocenters.